The van der Waals surface area contributed by atoms with Crippen LogP contribution in [0.15, 0.2) is 24.3 Å². The lowest BCUT2D eigenvalue weighted by Gasteiger charge is -2.05. The van der Waals surface area contributed by atoms with E-state index < -0.39 is 0 Å². The fraction of sp³-hybridized carbons (Fsp3) is 0.471. The third-order valence-corrected chi connectivity index (χ3v) is 4.28. The van der Waals surface area contributed by atoms with Gasteiger partial charge in [0.15, 0.2) is 0 Å². The van der Waals surface area contributed by atoms with Crippen molar-refractivity contribution in [1.82, 2.24) is 10.3 Å². The smallest absolute Gasteiger partial charge is 0.140 e. The lowest BCUT2D eigenvalue weighted by Crippen LogP contribution is -2.12. The third kappa shape index (κ3) is 4.55. The van der Waals surface area contributed by atoms with Gasteiger partial charge >= 0.3 is 0 Å². The number of benzene rings is 1. The Hall–Kier alpha value is -1.39. The molecule has 0 atom stereocenters. The highest BCUT2D eigenvalue weighted by molar-refractivity contribution is 7.11. The third-order valence-electron chi connectivity index (χ3n) is 3.24. The minimum Gasteiger partial charge on any atom is -0.486 e. The Labute approximate surface area is 131 Å². The van der Waals surface area contributed by atoms with E-state index in [4.69, 9.17) is 9.72 Å². The summed E-state index contributed by atoms with van der Waals surface area (Å²) in [4.78, 5) is 6.08. The van der Waals surface area contributed by atoms with E-state index in [0.29, 0.717) is 12.5 Å². The van der Waals surface area contributed by atoms with E-state index in [0.717, 1.165) is 23.8 Å². The number of rotatable bonds is 7. The second kappa shape index (κ2) is 7.57. The second-order valence-electron chi connectivity index (χ2n) is 5.45. The predicted molar refractivity (Wildman–Crippen MR) is 89.1 cm³/mol. The van der Waals surface area contributed by atoms with E-state index in [-0.39, 0.29) is 0 Å². The van der Waals surface area contributed by atoms with Crippen molar-refractivity contribution in [3.8, 4) is 5.75 Å². The number of aryl methyl sites for hydroxylation is 1. The average Bonchev–Trinajstić information content (AvgIpc) is 2.88. The Morgan fingerprint density at radius 2 is 1.95 bits per heavy atom. The van der Waals surface area contributed by atoms with Crippen LogP contribution in [0.1, 0.15) is 47.8 Å². The first kappa shape index (κ1) is 16.0. The summed E-state index contributed by atoms with van der Waals surface area (Å²) in [6.07, 6.45) is 0. The summed E-state index contributed by atoms with van der Waals surface area (Å²) in [5, 5.41) is 4.43. The highest BCUT2D eigenvalue weighted by Gasteiger charge is 2.14. The summed E-state index contributed by atoms with van der Waals surface area (Å²) in [5.74, 6) is 1.35. The quantitative estimate of drug-likeness (QED) is 0.829. The zero-order chi connectivity index (χ0) is 15.2. The van der Waals surface area contributed by atoms with E-state index >= 15 is 0 Å². The summed E-state index contributed by atoms with van der Waals surface area (Å²) in [5.41, 5.74) is 2.44. The van der Waals surface area contributed by atoms with E-state index in [1.165, 1.54) is 16.1 Å². The van der Waals surface area contributed by atoms with Gasteiger partial charge in [-0.1, -0.05) is 38.5 Å². The molecule has 1 heterocycles. The average molecular weight is 304 g/mol. The van der Waals surface area contributed by atoms with Gasteiger partial charge in [-0.2, -0.15) is 0 Å². The van der Waals surface area contributed by atoms with Crippen molar-refractivity contribution < 1.29 is 4.74 Å². The number of nitrogens with zero attached hydrogens (tertiary/aromatic N) is 1. The molecule has 1 aromatic carbocycles. The summed E-state index contributed by atoms with van der Waals surface area (Å²) < 4.78 is 5.83. The molecule has 114 valence electrons. The van der Waals surface area contributed by atoms with Crippen molar-refractivity contribution in [3.05, 3.63) is 45.4 Å². The van der Waals surface area contributed by atoms with Crippen molar-refractivity contribution in [3.63, 3.8) is 0 Å². The van der Waals surface area contributed by atoms with E-state index in [9.17, 15) is 0 Å². The van der Waals surface area contributed by atoms with Gasteiger partial charge in [-0.15, -0.1) is 11.3 Å². The van der Waals surface area contributed by atoms with Crippen LogP contribution in [0, 0.1) is 6.92 Å². The van der Waals surface area contributed by atoms with Gasteiger partial charge in [0.05, 0.1) is 5.69 Å². The normalized spacial score (nSPS) is 11.1. The molecule has 0 aliphatic rings. The summed E-state index contributed by atoms with van der Waals surface area (Å²) in [7, 11) is 0. The van der Waals surface area contributed by atoms with Crippen LogP contribution in [0.5, 0.6) is 5.75 Å². The highest BCUT2D eigenvalue weighted by Crippen LogP contribution is 2.26. The molecule has 0 unspecified atom stereocenters. The molecule has 0 bridgehead atoms. The van der Waals surface area contributed by atoms with Crippen molar-refractivity contribution in [2.45, 2.75) is 46.8 Å². The molecule has 0 saturated heterocycles. The van der Waals surface area contributed by atoms with Crippen molar-refractivity contribution in [2.24, 2.45) is 0 Å². The second-order valence-corrected chi connectivity index (χ2v) is 6.62. The van der Waals surface area contributed by atoms with E-state index in [1.807, 2.05) is 12.1 Å². The Morgan fingerprint density at radius 3 is 2.57 bits per heavy atom. The number of thiazole rings is 1. The molecular weight excluding hydrogens is 280 g/mol. The minimum atomic E-state index is 0.447. The van der Waals surface area contributed by atoms with Crippen molar-refractivity contribution in [1.29, 1.82) is 0 Å². The van der Waals surface area contributed by atoms with Crippen LogP contribution in [0.2, 0.25) is 0 Å². The van der Waals surface area contributed by atoms with Crippen LogP contribution >= 0.6 is 11.3 Å². The molecular formula is C17H24N2OS. The van der Waals surface area contributed by atoms with Gasteiger partial charge in [0.2, 0.25) is 0 Å². The Balaban J connectivity index is 2.04. The Kier molecular flexibility index (Phi) is 5.76. The summed E-state index contributed by atoms with van der Waals surface area (Å²) in [6, 6.07) is 8.14. The zero-order valence-corrected chi connectivity index (χ0v) is 14.1. The first-order valence-electron chi connectivity index (χ1n) is 7.48. The molecule has 1 aromatic heterocycles. The Bertz CT molecular complexity index is 561. The maximum Gasteiger partial charge on any atom is 0.140 e. The monoisotopic (exact) mass is 304 g/mol. The molecule has 0 amide bonds. The lowest BCUT2D eigenvalue weighted by atomic mass is 10.1. The fourth-order valence-electron chi connectivity index (χ4n) is 2.07. The molecule has 0 aliphatic heterocycles. The molecule has 0 radical (unpaired) electrons. The number of nitrogens with one attached hydrogen (secondary N) is 1. The van der Waals surface area contributed by atoms with Gasteiger partial charge in [-0.25, -0.2) is 4.98 Å². The molecule has 4 heteroatoms. The zero-order valence-electron chi connectivity index (χ0n) is 13.3. The number of hydrogen-bond acceptors (Lipinski definition) is 4. The van der Waals surface area contributed by atoms with Crippen LogP contribution < -0.4 is 10.1 Å². The summed E-state index contributed by atoms with van der Waals surface area (Å²) in [6.45, 7) is 11.0. The lowest BCUT2D eigenvalue weighted by molar-refractivity contribution is 0.305. The van der Waals surface area contributed by atoms with Gasteiger partial charge in [-0.05, 0) is 31.5 Å². The largest absolute Gasteiger partial charge is 0.486 e. The van der Waals surface area contributed by atoms with Gasteiger partial charge in [-0.3, -0.25) is 0 Å². The van der Waals surface area contributed by atoms with Crippen LogP contribution in [-0.2, 0) is 13.2 Å². The van der Waals surface area contributed by atoms with Gasteiger partial charge in [0.25, 0.3) is 0 Å². The molecule has 2 rings (SSSR count). The van der Waals surface area contributed by atoms with Crippen LogP contribution in [0.25, 0.3) is 0 Å². The van der Waals surface area contributed by atoms with Gasteiger partial charge in [0, 0.05) is 11.4 Å². The molecule has 1 N–H and O–H groups in total. The van der Waals surface area contributed by atoms with Crippen molar-refractivity contribution in [2.75, 3.05) is 6.54 Å². The van der Waals surface area contributed by atoms with Crippen LogP contribution in [-0.4, -0.2) is 11.5 Å². The Morgan fingerprint density at radius 1 is 1.24 bits per heavy atom. The fourth-order valence-corrected chi connectivity index (χ4v) is 3.18. The summed E-state index contributed by atoms with van der Waals surface area (Å²) >= 11 is 1.75. The molecule has 2 aromatic rings. The van der Waals surface area contributed by atoms with Gasteiger partial charge < -0.3 is 10.1 Å². The van der Waals surface area contributed by atoms with Crippen molar-refractivity contribution >= 4 is 11.3 Å². The van der Waals surface area contributed by atoms with E-state index in [1.54, 1.807) is 11.3 Å². The van der Waals surface area contributed by atoms with Gasteiger partial charge in [0.1, 0.15) is 17.4 Å². The topological polar surface area (TPSA) is 34.1 Å². The van der Waals surface area contributed by atoms with Crippen LogP contribution in [0.4, 0.5) is 0 Å². The molecule has 0 spiro atoms. The maximum absolute atomic E-state index is 5.83. The molecule has 0 saturated carbocycles. The first-order chi connectivity index (χ1) is 10.1. The number of ether oxygens (including phenoxy) is 1. The standard InChI is InChI=1S/C17H24N2OS/c1-5-18-10-15-17(12(2)3)19-16(21-15)11-20-14-8-6-13(4)7-9-14/h6-9,12,18H,5,10-11H2,1-4H3. The maximum atomic E-state index is 5.83. The number of aromatic nitrogens is 1. The molecule has 3 nitrogen and oxygen atoms in total. The molecule has 0 fully saturated rings. The minimum absolute atomic E-state index is 0.447. The first-order valence-corrected chi connectivity index (χ1v) is 8.30. The number of hydrogen-bond donors (Lipinski definition) is 1. The van der Waals surface area contributed by atoms with Crippen LogP contribution in [0.3, 0.4) is 0 Å². The SMILES string of the molecule is CCNCc1sc(COc2ccc(C)cc2)nc1C(C)C. The highest BCUT2D eigenvalue weighted by atomic mass is 32.1. The molecule has 21 heavy (non-hydrogen) atoms. The predicted octanol–water partition coefficient (Wildman–Crippen LogP) is 4.26. The van der Waals surface area contributed by atoms with E-state index in [2.05, 4.69) is 45.1 Å². The molecule has 0 aliphatic carbocycles.